The molecule has 0 aliphatic heterocycles. The number of hydrogen-bond acceptors (Lipinski definition) is 3. The lowest BCUT2D eigenvalue weighted by molar-refractivity contribution is -0.124. The minimum Gasteiger partial charge on any atom is -0.326 e. The van der Waals surface area contributed by atoms with Crippen molar-refractivity contribution in [3.63, 3.8) is 0 Å². The highest BCUT2D eigenvalue weighted by molar-refractivity contribution is 14.1. The molecule has 7 heteroatoms. The average molecular weight is 467 g/mol. The molecular weight excluding hydrogens is 448 g/mol. The molecule has 0 aliphatic carbocycles. The molecule has 2 rings (SSSR count). The van der Waals surface area contributed by atoms with Gasteiger partial charge in [-0.1, -0.05) is 12.1 Å². The number of anilines is 1. The highest BCUT2D eigenvalue weighted by atomic mass is 127. The van der Waals surface area contributed by atoms with Crippen molar-refractivity contribution in [1.82, 2.24) is 5.43 Å². The van der Waals surface area contributed by atoms with Crippen LogP contribution in [0.15, 0.2) is 47.6 Å². The third kappa shape index (κ3) is 6.21. The van der Waals surface area contributed by atoms with E-state index in [-0.39, 0.29) is 30.5 Å². The number of nitrogens with one attached hydrogen (secondary N) is 2. The van der Waals surface area contributed by atoms with Crippen molar-refractivity contribution in [2.45, 2.75) is 26.7 Å². The Hall–Kier alpha value is -2.29. The lowest BCUT2D eigenvalue weighted by Crippen LogP contribution is -2.22. The number of hydrogen-bond donors (Lipinski definition) is 2. The fourth-order valence-electron chi connectivity index (χ4n) is 2.16. The van der Waals surface area contributed by atoms with Gasteiger partial charge in [-0.2, -0.15) is 5.10 Å². The van der Waals surface area contributed by atoms with E-state index in [4.69, 9.17) is 0 Å². The van der Waals surface area contributed by atoms with E-state index in [1.54, 1.807) is 19.1 Å². The van der Waals surface area contributed by atoms with Gasteiger partial charge in [-0.3, -0.25) is 9.59 Å². The number of carbonyl (C=O) groups is 2. The highest BCUT2D eigenvalue weighted by Crippen LogP contribution is 2.18. The van der Waals surface area contributed by atoms with Crippen molar-refractivity contribution in [2.75, 3.05) is 5.32 Å². The Kier molecular flexibility index (Phi) is 7.26. The van der Waals surface area contributed by atoms with E-state index in [0.717, 1.165) is 14.8 Å². The molecule has 2 aromatic carbocycles. The number of halogens is 2. The third-order valence-corrected chi connectivity index (χ3v) is 4.32. The molecule has 0 bridgehead atoms. The first-order chi connectivity index (χ1) is 12.3. The van der Waals surface area contributed by atoms with Gasteiger partial charge in [0.25, 0.3) is 0 Å². The Morgan fingerprint density at radius 1 is 1.08 bits per heavy atom. The second-order valence-electron chi connectivity index (χ2n) is 5.75. The summed E-state index contributed by atoms with van der Waals surface area (Å²) >= 11 is 2.20. The maximum absolute atomic E-state index is 12.9. The molecule has 0 radical (unpaired) electrons. The number of amides is 2. The molecule has 136 valence electrons. The Balaban J connectivity index is 1.81. The summed E-state index contributed by atoms with van der Waals surface area (Å²) in [5.41, 5.74) is 5.37. The first kappa shape index (κ1) is 20.0. The Morgan fingerprint density at radius 3 is 2.38 bits per heavy atom. The summed E-state index contributed by atoms with van der Waals surface area (Å²) in [7, 11) is 0. The fourth-order valence-corrected chi connectivity index (χ4v) is 2.81. The normalized spacial score (nSPS) is 11.2. The van der Waals surface area contributed by atoms with Gasteiger partial charge in [-0.15, -0.1) is 0 Å². The summed E-state index contributed by atoms with van der Waals surface area (Å²) < 4.78 is 14.0. The minimum atomic E-state index is -0.360. The molecule has 0 aromatic heterocycles. The second kappa shape index (κ2) is 9.42. The molecule has 0 fully saturated rings. The average Bonchev–Trinajstić information content (AvgIpc) is 2.61. The predicted octanol–water partition coefficient (Wildman–Crippen LogP) is 4.00. The molecule has 0 atom stereocenters. The Labute approximate surface area is 165 Å². The zero-order valence-corrected chi connectivity index (χ0v) is 16.6. The summed E-state index contributed by atoms with van der Waals surface area (Å²) in [5, 5.41) is 6.77. The maximum atomic E-state index is 12.9. The standard InChI is InChI=1S/C19H19FIN3O2/c1-12-11-16(21)7-8-17(12)22-18(25)9-10-19(26)24-23-13(2)14-3-5-15(20)6-4-14/h3-8,11H,9-10H2,1-2H3,(H,22,25)(H,24,26)/b23-13-. The number of rotatable bonds is 6. The number of benzene rings is 2. The van der Waals surface area contributed by atoms with Crippen molar-refractivity contribution < 1.29 is 14.0 Å². The van der Waals surface area contributed by atoms with Gasteiger partial charge in [0, 0.05) is 22.1 Å². The van der Waals surface area contributed by atoms with Crippen LogP contribution in [0.5, 0.6) is 0 Å². The van der Waals surface area contributed by atoms with Gasteiger partial charge in [-0.25, -0.2) is 9.82 Å². The van der Waals surface area contributed by atoms with Crippen LogP contribution in [0.4, 0.5) is 10.1 Å². The summed E-state index contributed by atoms with van der Waals surface area (Å²) in [4.78, 5) is 23.8. The van der Waals surface area contributed by atoms with Crippen LogP contribution in [0, 0.1) is 16.3 Å². The zero-order valence-electron chi connectivity index (χ0n) is 14.5. The maximum Gasteiger partial charge on any atom is 0.240 e. The van der Waals surface area contributed by atoms with E-state index in [1.807, 2.05) is 25.1 Å². The molecular formula is C19H19FIN3O2. The van der Waals surface area contributed by atoms with Crippen LogP contribution in [0.2, 0.25) is 0 Å². The van der Waals surface area contributed by atoms with Crippen molar-refractivity contribution >= 4 is 45.8 Å². The van der Waals surface area contributed by atoms with Crippen LogP contribution in [-0.4, -0.2) is 17.5 Å². The van der Waals surface area contributed by atoms with Crippen molar-refractivity contribution in [3.05, 3.63) is 63.0 Å². The number of carbonyl (C=O) groups excluding carboxylic acids is 2. The molecule has 2 aromatic rings. The number of hydrazone groups is 1. The van der Waals surface area contributed by atoms with Crippen LogP contribution in [-0.2, 0) is 9.59 Å². The molecule has 0 aliphatic rings. The van der Waals surface area contributed by atoms with Crippen molar-refractivity contribution in [1.29, 1.82) is 0 Å². The summed E-state index contributed by atoms with van der Waals surface area (Å²) in [6, 6.07) is 11.5. The number of nitrogens with zero attached hydrogens (tertiary/aromatic N) is 1. The van der Waals surface area contributed by atoms with Gasteiger partial charge in [0.05, 0.1) is 5.71 Å². The summed E-state index contributed by atoms with van der Waals surface area (Å²) in [5.74, 6) is -0.926. The van der Waals surface area contributed by atoms with Crippen LogP contribution >= 0.6 is 22.6 Å². The SMILES string of the molecule is C/C(=N/NC(=O)CCC(=O)Nc1ccc(I)cc1C)c1ccc(F)cc1. The second-order valence-corrected chi connectivity index (χ2v) is 6.99. The van der Waals surface area contributed by atoms with E-state index in [1.165, 1.54) is 12.1 Å². The molecule has 2 N–H and O–H groups in total. The third-order valence-electron chi connectivity index (χ3n) is 3.65. The highest BCUT2D eigenvalue weighted by Gasteiger charge is 2.09. The van der Waals surface area contributed by atoms with E-state index in [0.29, 0.717) is 11.3 Å². The van der Waals surface area contributed by atoms with E-state index in [2.05, 4.69) is 38.4 Å². The molecule has 0 saturated carbocycles. The largest absolute Gasteiger partial charge is 0.326 e. The predicted molar refractivity (Wildman–Crippen MR) is 109 cm³/mol. The Morgan fingerprint density at radius 2 is 1.73 bits per heavy atom. The first-order valence-electron chi connectivity index (χ1n) is 8.00. The van der Waals surface area contributed by atoms with Crippen LogP contribution in [0.1, 0.15) is 30.9 Å². The number of aryl methyl sites for hydroxylation is 1. The molecule has 26 heavy (non-hydrogen) atoms. The van der Waals surface area contributed by atoms with Gasteiger partial charge in [0.1, 0.15) is 5.82 Å². The molecule has 0 spiro atoms. The van der Waals surface area contributed by atoms with E-state index < -0.39 is 0 Å². The van der Waals surface area contributed by atoms with Crippen molar-refractivity contribution in [3.8, 4) is 0 Å². The lowest BCUT2D eigenvalue weighted by Gasteiger charge is -2.08. The smallest absolute Gasteiger partial charge is 0.240 e. The van der Waals surface area contributed by atoms with E-state index in [9.17, 15) is 14.0 Å². The summed E-state index contributed by atoms with van der Waals surface area (Å²) in [6.45, 7) is 3.62. The van der Waals surface area contributed by atoms with Gasteiger partial charge >= 0.3 is 0 Å². The Bertz CT molecular complexity index is 835. The van der Waals surface area contributed by atoms with Gasteiger partial charge < -0.3 is 5.32 Å². The minimum absolute atomic E-state index is 0.0233. The lowest BCUT2D eigenvalue weighted by atomic mass is 10.1. The monoisotopic (exact) mass is 467 g/mol. The molecule has 0 saturated heterocycles. The first-order valence-corrected chi connectivity index (χ1v) is 9.08. The van der Waals surface area contributed by atoms with Gasteiger partial charge in [-0.05, 0) is 77.9 Å². The van der Waals surface area contributed by atoms with Crippen molar-refractivity contribution in [2.24, 2.45) is 5.10 Å². The molecule has 0 unspecified atom stereocenters. The quantitative estimate of drug-likeness (QED) is 0.383. The molecule has 0 heterocycles. The van der Waals surface area contributed by atoms with Crippen LogP contribution < -0.4 is 10.7 Å². The zero-order chi connectivity index (χ0) is 19.1. The van der Waals surface area contributed by atoms with Gasteiger partial charge in [0.15, 0.2) is 0 Å². The summed E-state index contributed by atoms with van der Waals surface area (Å²) in [6.07, 6.45) is 0.0812. The van der Waals surface area contributed by atoms with Crippen LogP contribution in [0.3, 0.4) is 0 Å². The topological polar surface area (TPSA) is 70.6 Å². The van der Waals surface area contributed by atoms with Gasteiger partial charge in [0.2, 0.25) is 11.8 Å². The van der Waals surface area contributed by atoms with Crippen LogP contribution in [0.25, 0.3) is 0 Å². The fraction of sp³-hybridized carbons (Fsp3) is 0.211. The molecule has 5 nitrogen and oxygen atoms in total. The van der Waals surface area contributed by atoms with E-state index >= 15 is 0 Å². The molecule has 2 amide bonds.